The monoisotopic (exact) mass is 1080 g/mol. The van der Waals surface area contributed by atoms with E-state index in [1.54, 1.807) is 45.2 Å². The van der Waals surface area contributed by atoms with E-state index in [4.69, 9.17) is 42.4 Å². The van der Waals surface area contributed by atoms with Crippen LogP contribution in [-0.4, -0.2) is 105 Å². The third kappa shape index (κ3) is 17.6. The molecule has 0 aliphatic heterocycles. The minimum Gasteiger partial charge on any atom is -0.857 e. The summed E-state index contributed by atoms with van der Waals surface area (Å²) in [5, 5.41) is 14.8. The van der Waals surface area contributed by atoms with Gasteiger partial charge < -0.3 is 41.0 Å². The molecule has 25 heteroatoms. The van der Waals surface area contributed by atoms with E-state index in [-0.39, 0.29) is 29.6 Å². The Hall–Kier alpha value is -7.67. The van der Waals surface area contributed by atoms with Crippen LogP contribution in [0.15, 0.2) is 127 Å². The van der Waals surface area contributed by atoms with Gasteiger partial charge in [-0.15, -0.1) is 0 Å². The van der Waals surface area contributed by atoms with Gasteiger partial charge in [-0.3, -0.25) is 0 Å². The van der Waals surface area contributed by atoms with Crippen LogP contribution < -0.4 is 70.6 Å². The van der Waals surface area contributed by atoms with Crippen molar-refractivity contribution < 1.29 is 48.9 Å². The molecule has 0 aliphatic carbocycles. The molecule has 370 valence electrons. The molecule has 10 aromatic rings. The van der Waals surface area contributed by atoms with Gasteiger partial charge in [-0.2, -0.15) is 7.11 Å². The predicted octanol–water partition coefficient (Wildman–Crippen LogP) is 4.45. The number of hydrogen-bond acceptors (Lipinski definition) is 22. The summed E-state index contributed by atoms with van der Waals surface area (Å²) in [6.45, 7) is 5.57. The first-order chi connectivity index (χ1) is 34.8. The topological polar surface area (TPSA) is 299 Å². The van der Waals surface area contributed by atoms with E-state index in [0.717, 1.165) is 51.5 Å². The van der Waals surface area contributed by atoms with Crippen molar-refractivity contribution >= 4 is 95.1 Å². The van der Waals surface area contributed by atoms with Gasteiger partial charge in [0.1, 0.15) is 56.3 Å². The van der Waals surface area contributed by atoms with Crippen molar-refractivity contribution in [1.82, 2.24) is 69.8 Å². The number of nitrogens with two attached hydrogens (primary N) is 2. The molecule has 10 rings (SSSR count). The number of aryl methyl sites for hydroxylation is 3. The first-order valence-corrected chi connectivity index (χ1v) is 22.3. The first kappa shape index (κ1) is 57.9. The van der Waals surface area contributed by atoms with E-state index < -0.39 is 0 Å². The molecule has 7 heterocycles. The number of nitrogens with one attached hydrogen (secondary N) is 1. The van der Waals surface area contributed by atoms with E-state index in [1.165, 1.54) is 25.7 Å². The van der Waals surface area contributed by atoms with Gasteiger partial charge in [0.05, 0.1) is 87.5 Å². The largest absolute Gasteiger partial charge is 1.00 e. The average Bonchev–Trinajstić information content (AvgIpc) is 3.41. The van der Waals surface area contributed by atoms with Gasteiger partial charge in [-0.25, -0.2) is 69.8 Å². The van der Waals surface area contributed by atoms with Crippen molar-refractivity contribution in [3.8, 4) is 17.6 Å². The van der Waals surface area contributed by atoms with Crippen molar-refractivity contribution in [2.24, 2.45) is 0 Å². The van der Waals surface area contributed by atoms with Crippen LogP contribution in [0.3, 0.4) is 0 Å². The van der Waals surface area contributed by atoms with Crippen LogP contribution in [0.25, 0.3) is 32.7 Å². The van der Waals surface area contributed by atoms with Gasteiger partial charge in [0, 0.05) is 23.2 Å². The smallest absolute Gasteiger partial charge is 0.857 e. The fourth-order valence-electron chi connectivity index (χ4n) is 5.92. The molecule has 0 saturated carbocycles. The molecule has 7 aromatic heterocycles. The molecule has 0 radical (unpaired) electrons. The van der Waals surface area contributed by atoms with Crippen LogP contribution in [0, 0.1) is 20.8 Å². The number of halogens is 2. The maximum Gasteiger partial charge on any atom is 1.00 e. The van der Waals surface area contributed by atoms with Crippen molar-refractivity contribution in [3.05, 3.63) is 150 Å². The zero-order valence-corrected chi connectivity index (χ0v) is 45.6. The third-order valence-electron chi connectivity index (χ3n) is 9.14. The van der Waals surface area contributed by atoms with Crippen LogP contribution in [0.2, 0.25) is 5.15 Å². The summed E-state index contributed by atoms with van der Waals surface area (Å²) in [5.41, 5.74) is 13.2. The van der Waals surface area contributed by atoms with E-state index >= 15 is 0 Å². The van der Waals surface area contributed by atoms with Crippen molar-refractivity contribution in [1.29, 1.82) is 0 Å². The zero-order chi connectivity index (χ0) is 52.0. The molecule has 0 spiro atoms. The predicted molar refractivity (Wildman–Crippen MR) is 279 cm³/mol. The van der Waals surface area contributed by atoms with Crippen LogP contribution in [0.1, 0.15) is 17.5 Å². The molecular weight excluding hydrogens is 1030 g/mol. The van der Waals surface area contributed by atoms with Gasteiger partial charge in [0.15, 0.2) is 5.82 Å². The maximum atomic E-state index is 8.25. The molecule has 0 saturated heterocycles. The normalized spacial score (nSPS) is 9.85. The van der Waals surface area contributed by atoms with Crippen molar-refractivity contribution in [3.63, 3.8) is 0 Å². The number of nitrogens with zero attached hydrogens (tertiary/aromatic N) is 15. The molecule has 0 fully saturated rings. The number of para-hydroxylation sites is 3. The average molecular weight is 1080 g/mol. The summed E-state index contributed by atoms with van der Waals surface area (Å²) in [6.07, 6.45) is 12.4. The Morgan fingerprint density at radius 1 is 0.521 bits per heavy atom. The zero-order valence-electron chi connectivity index (χ0n) is 41.3. The van der Waals surface area contributed by atoms with Gasteiger partial charge in [0.2, 0.25) is 17.6 Å². The number of anilines is 6. The molecule has 0 bridgehead atoms. The Bertz CT molecular complexity index is 3250. The fourth-order valence-corrected chi connectivity index (χ4v) is 6.41. The Labute approximate surface area is 456 Å². The summed E-state index contributed by atoms with van der Waals surface area (Å²) in [4.78, 5) is 59.9. The second-order valence-corrected chi connectivity index (χ2v) is 15.3. The van der Waals surface area contributed by atoms with Crippen molar-refractivity contribution in [2.75, 3.05) is 57.2 Å². The van der Waals surface area contributed by atoms with Gasteiger partial charge in [-0.05, 0) is 73.1 Å². The summed E-state index contributed by atoms with van der Waals surface area (Å²) in [6, 6.07) is 23.4. The second kappa shape index (κ2) is 29.6. The molecular formula is C48H49BrClN18NaO4. The Kier molecular flexibility index (Phi) is 23.5. The molecule has 73 heavy (non-hydrogen) atoms. The van der Waals surface area contributed by atoms with E-state index in [1.807, 2.05) is 106 Å². The number of benzene rings is 3. The summed E-state index contributed by atoms with van der Waals surface area (Å²) in [7, 11) is 7.30. The summed E-state index contributed by atoms with van der Waals surface area (Å²) >= 11 is 9.03. The maximum absolute atomic E-state index is 8.25. The van der Waals surface area contributed by atoms with Crippen LogP contribution in [0.4, 0.5) is 34.9 Å². The minimum atomic E-state index is 0. The number of aromatic nitrogens is 14. The van der Waals surface area contributed by atoms with Crippen LogP contribution in [-0.2, 0) is 0 Å². The molecule has 0 atom stereocenters. The Balaban J connectivity index is 0.000000205. The number of ether oxygens (including phenoxy) is 3. The summed E-state index contributed by atoms with van der Waals surface area (Å²) < 4.78 is 15.4. The van der Waals surface area contributed by atoms with E-state index in [9.17, 15) is 0 Å². The molecule has 0 unspecified atom stereocenters. The molecule has 22 nitrogen and oxygen atoms in total. The van der Waals surface area contributed by atoms with Gasteiger partial charge in [-0.1, -0.05) is 48.0 Å². The van der Waals surface area contributed by atoms with Crippen molar-refractivity contribution in [2.45, 2.75) is 20.8 Å². The molecule has 0 amide bonds. The van der Waals surface area contributed by atoms with E-state index in [0.29, 0.717) is 68.1 Å². The van der Waals surface area contributed by atoms with Crippen LogP contribution in [0.5, 0.6) is 17.6 Å². The number of rotatable bonds is 7. The SMILES string of the molecule is COc1cnc(N(C)c2nc(C)nc3ccccc23)cn1.COc1cnc(N)cn1.COc1cnc(Nc2nc(C)nc3ccccc23)cn1.C[O-].Cc1nc(Cl)c2ccccc2n1.Nc1cnc(Br)cn1.[Na+]. The molecule has 5 N–H and O–H groups in total. The minimum absolute atomic E-state index is 0. The number of hydrogen-bond donors (Lipinski definition) is 3. The molecule has 3 aromatic carbocycles. The molecule has 0 aliphatic rings. The summed E-state index contributed by atoms with van der Waals surface area (Å²) in [5.74, 6) is 7.21. The Morgan fingerprint density at radius 2 is 0.973 bits per heavy atom. The Morgan fingerprint density at radius 3 is 1.47 bits per heavy atom. The van der Waals surface area contributed by atoms with Gasteiger partial charge >= 0.3 is 29.6 Å². The number of methoxy groups -OCH3 is 3. The van der Waals surface area contributed by atoms with E-state index in [2.05, 4.69) is 91.0 Å². The van der Waals surface area contributed by atoms with Gasteiger partial charge in [0.25, 0.3) is 0 Å². The quantitative estimate of drug-likeness (QED) is 0.147. The first-order valence-electron chi connectivity index (χ1n) is 21.2. The van der Waals surface area contributed by atoms with Crippen LogP contribution >= 0.6 is 27.5 Å². The fraction of sp³-hybridized carbons (Fsp3) is 0.167. The third-order valence-corrected chi connectivity index (χ3v) is 9.84. The number of nitrogen functional groups attached to an aromatic ring is 2. The number of fused-ring (bicyclic) bond motifs is 3. The standard InChI is InChI=1S/C15H15N5O.C14H13N5O.C9H7ClN2.C5H7N3O.C4H4BrN3.CH3O.Na/c1-10-18-12-7-5-4-6-11(12)15(19-10)20(2)13-8-17-14(21-3)9-16-13;1-9-17-11-6-4-3-5-10(11)14(18-9)19-12-7-16-13(20-2)8-15-12;1-6-11-8-5-3-2-4-7(8)9(10)12-6;1-9-5-3-7-4(6)2-8-5;5-3-1-8-4(6)2-7-3;1-2;/h4-9H,1-3H3;3-8H,1-2H3,(H,15,17,18,19);2-5H,1H3;2-3H,1H3,(H2,6,7);1-2H,(H2,6,8);1H3;/q;;;;;-1;+1. The second-order valence-electron chi connectivity index (χ2n) is 14.1.